The molecular weight excluding hydrogens is 280 g/mol. The van der Waals surface area contributed by atoms with Gasteiger partial charge in [0.1, 0.15) is 0 Å². The van der Waals surface area contributed by atoms with Gasteiger partial charge in [-0.25, -0.2) is 0 Å². The molecule has 1 aromatic rings. The van der Waals surface area contributed by atoms with Gasteiger partial charge in [0.25, 0.3) is 5.91 Å². The molecule has 1 unspecified atom stereocenters. The Hall–Kier alpha value is -1.36. The number of hydrogen-bond donors (Lipinski definition) is 1. The Morgan fingerprint density at radius 2 is 1.86 bits per heavy atom. The highest BCUT2D eigenvalue weighted by atomic mass is 16.5. The largest absolute Gasteiger partial charge is 0.393 e. The zero-order valence-corrected chi connectivity index (χ0v) is 12.9. The number of aromatic nitrogens is 1. The summed E-state index contributed by atoms with van der Waals surface area (Å²) in [6.45, 7) is 1.50. The van der Waals surface area contributed by atoms with Crippen LogP contribution in [0.25, 0.3) is 0 Å². The molecule has 120 valence electrons. The second-order valence-electron chi connectivity index (χ2n) is 7.31. The fraction of sp³-hybridized carbons (Fsp3) is 0.765. The number of carbonyl (C=O) groups excluding carboxylic acids is 1. The average molecular weight is 304 g/mol. The fourth-order valence-electron chi connectivity index (χ4n) is 4.57. The molecule has 2 saturated carbocycles. The molecule has 1 amide bonds. The highest BCUT2D eigenvalue weighted by Gasteiger charge is 2.42. The summed E-state index contributed by atoms with van der Waals surface area (Å²) in [5, 5.41) is 13.8. The lowest BCUT2D eigenvalue weighted by molar-refractivity contribution is 0.0724. The van der Waals surface area contributed by atoms with Gasteiger partial charge < -0.3 is 14.5 Å². The second-order valence-corrected chi connectivity index (χ2v) is 7.31. The van der Waals surface area contributed by atoms with Gasteiger partial charge in [-0.15, -0.1) is 0 Å². The molecule has 1 N–H and O–H groups in total. The normalized spacial score (nSPS) is 32.4. The highest BCUT2D eigenvalue weighted by Crippen LogP contribution is 2.38. The van der Waals surface area contributed by atoms with Gasteiger partial charge in [0.15, 0.2) is 0 Å². The summed E-state index contributed by atoms with van der Waals surface area (Å²) in [7, 11) is 0. The minimum atomic E-state index is -0.171. The van der Waals surface area contributed by atoms with Crippen molar-refractivity contribution in [1.82, 2.24) is 10.1 Å². The van der Waals surface area contributed by atoms with Crippen molar-refractivity contribution >= 4 is 5.91 Å². The Balaban J connectivity index is 1.42. The van der Waals surface area contributed by atoms with E-state index in [0.29, 0.717) is 23.5 Å². The molecule has 2 heterocycles. The lowest BCUT2D eigenvalue weighted by atomic mass is 9.87. The van der Waals surface area contributed by atoms with Crippen LogP contribution in [0.4, 0.5) is 0 Å². The zero-order chi connectivity index (χ0) is 15.1. The summed E-state index contributed by atoms with van der Waals surface area (Å²) < 4.78 is 5.34. The molecule has 0 bridgehead atoms. The maximum absolute atomic E-state index is 12.6. The molecule has 1 aromatic heterocycles. The smallest absolute Gasteiger partial charge is 0.292 e. The molecule has 0 aromatic carbocycles. The maximum atomic E-state index is 12.6. The maximum Gasteiger partial charge on any atom is 0.292 e. The van der Waals surface area contributed by atoms with Crippen molar-refractivity contribution in [2.24, 2.45) is 11.8 Å². The van der Waals surface area contributed by atoms with Crippen LogP contribution in [0.5, 0.6) is 0 Å². The Morgan fingerprint density at radius 3 is 2.55 bits per heavy atom. The van der Waals surface area contributed by atoms with Crippen LogP contribution in [0.2, 0.25) is 0 Å². The summed E-state index contributed by atoms with van der Waals surface area (Å²) in [5.41, 5.74) is 0.956. The first kappa shape index (κ1) is 14.2. The predicted octanol–water partition coefficient (Wildman–Crippen LogP) is 2.57. The standard InChI is InChI=1S/C17H24N2O3/c20-14-6-12-9-19(10-13(12)7-14)17(21)16-8-15(18-22-16)11-4-2-1-3-5-11/h8,11-14,20H,1-7,9-10H2/t12-,13+,14?. The van der Waals surface area contributed by atoms with Crippen LogP contribution in [0.3, 0.4) is 0 Å². The number of rotatable bonds is 2. The van der Waals surface area contributed by atoms with Gasteiger partial charge in [-0.3, -0.25) is 4.79 Å². The molecule has 0 spiro atoms. The third-order valence-corrected chi connectivity index (χ3v) is 5.78. The number of aliphatic hydroxyl groups is 1. The molecule has 3 atom stereocenters. The van der Waals surface area contributed by atoms with Gasteiger partial charge >= 0.3 is 0 Å². The van der Waals surface area contributed by atoms with Crippen LogP contribution in [0, 0.1) is 11.8 Å². The number of nitrogens with zero attached hydrogens (tertiary/aromatic N) is 2. The van der Waals surface area contributed by atoms with Gasteiger partial charge in [-0.05, 0) is 37.5 Å². The molecule has 0 radical (unpaired) electrons. The lowest BCUT2D eigenvalue weighted by Crippen LogP contribution is -2.30. The van der Waals surface area contributed by atoms with Crippen molar-refractivity contribution < 1.29 is 14.4 Å². The first-order valence-electron chi connectivity index (χ1n) is 8.64. The molecule has 3 aliphatic rings. The van der Waals surface area contributed by atoms with Crippen molar-refractivity contribution in [3.8, 4) is 0 Å². The number of amides is 1. The number of aliphatic hydroxyl groups excluding tert-OH is 1. The monoisotopic (exact) mass is 304 g/mol. The Labute approximate surface area is 130 Å². The van der Waals surface area contributed by atoms with Gasteiger partial charge in [-0.2, -0.15) is 0 Å². The quantitative estimate of drug-likeness (QED) is 0.912. The minimum absolute atomic E-state index is 0.0292. The minimum Gasteiger partial charge on any atom is -0.393 e. The van der Waals surface area contributed by atoms with Crippen molar-refractivity contribution in [3.63, 3.8) is 0 Å². The van der Waals surface area contributed by atoms with Gasteiger partial charge in [0.05, 0.1) is 11.8 Å². The van der Waals surface area contributed by atoms with Crippen LogP contribution in [-0.4, -0.2) is 40.3 Å². The van der Waals surface area contributed by atoms with E-state index in [1.165, 1.54) is 19.3 Å². The first-order chi connectivity index (χ1) is 10.7. The van der Waals surface area contributed by atoms with Crippen molar-refractivity contribution in [3.05, 3.63) is 17.5 Å². The lowest BCUT2D eigenvalue weighted by Gasteiger charge is -2.18. The molecule has 5 heteroatoms. The molecule has 2 aliphatic carbocycles. The van der Waals surface area contributed by atoms with E-state index in [4.69, 9.17) is 4.52 Å². The van der Waals surface area contributed by atoms with Crippen LogP contribution < -0.4 is 0 Å². The number of carbonyl (C=O) groups is 1. The third-order valence-electron chi connectivity index (χ3n) is 5.78. The van der Waals surface area contributed by atoms with E-state index in [1.54, 1.807) is 0 Å². The van der Waals surface area contributed by atoms with Gasteiger partial charge in [-0.1, -0.05) is 24.4 Å². The average Bonchev–Trinajstić information content (AvgIpc) is 3.21. The van der Waals surface area contributed by atoms with E-state index < -0.39 is 0 Å². The van der Waals surface area contributed by atoms with Crippen molar-refractivity contribution in [1.29, 1.82) is 0 Å². The van der Waals surface area contributed by atoms with E-state index in [0.717, 1.165) is 44.5 Å². The molecule has 1 aliphatic heterocycles. The molecule has 1 saturated heterocycles. The Bertz CT molecular complexity index is 536. The summed E-state index contributed by atoms with van der Waals surface area (Å²) in [6.07, 6.45) is 7.61. The molecule has 5 nitrogen and oxygen atoms in total. The number of hydrogen-bond acceptors (Lipinski definition) is 4. The van der Waals surface area contributed by atoms with Crippen molar-refractivity contribution in [2.45, 2.75) is 57.0 Å². The van der Waals surface area contributed by atoms with E-state index in [1.807, 2.05) is 11.0 Å². The summed E-state index contributed by atoms with van der Waals surface area (Å²) in [5.74, 6) is 1.74. The Kier molecular flexibility index (Phi) is 3.68. The Morgan fingerprint density at radius 1 is 1.18 bits per heavy atom. The van der Waals surface area contributed by atoms with E-state index in [2.05, 4.69) is 5.16 Å². The van der Waals surface area contributed by atoms with Crippen LogP contribution in [0.15, 0.2) is 10.6 Å². The summed E-state index contributed by atoms with van der Waals surface area (Å²) in [6, 6.07) is 1.86. The van der Waals surface area contributed by atoms with Gasteiger partial charge in [0, 0.05) is 25.1 Å². The third kappa shape index (κ3) is 2.56. The summed E-state index contributed by atoms with van der Waals surface area (Å²) >= 11 is 0. The molecule has 22 heavy (non-hydrogen) atoms. The van der Waals surface area contributed by atoms with E-state index in [9.17, 15) is 9.90 Å². The van der Waals surface area contributed by atoms with E-state index >= 15 is 0 Å². The van der Waals surface area contributed by atoms with Crippen LogP contribution in [0.1, 0.15) is 67.1 Å². The number of likely N-dealkylation sites (tertiary alicyclic amines) is 1. The molecular formula is C17H24N2O3. The fourth-order valence-corrected chi connectivity index (χ4v) is 4.57. The van der Waals surface area contributed by atoms with Crippen LogP contribution >= 0.6 is 0 Å². The highest BCUT2D eigenvalue weighted by molar-refractivity contribution is 5.91. The summed E-state index contributed by atoms with van der Waals surface area (Å²) in [4.78, 5) is 14.5. The predicted molar refractivity (Wildman–Crippen MR) is 80.5 cm³/mol. The zero-order valence-electron chi connectivity index (χ0n) is 12.9. The number of fused-ring (bicyclic) bond motifs is 1. The SMILES string of the molecule is O=C(c1cc(C2CCCCC2)no1)N1C[C@H]2CC(O)C[C@H]2C1. The van der Waals surface area contributed by atoms with Gasteiger partial charge in [0.2, 0.25) is 5.76 Å². The van der Waals surface area contributed by atoms with E-state index in [-0.39, 0.29) is 12.0 Å². The first-order valence-corrected chi connectivity index (χ1v) is 8.64. The van der Waals surface area contributed by atoms with Crippen molar-refractivity contribution in [2.75, 3.05) is 13.1 Å². The molecule has 3 fully saturated rings. The molecule has 4 rings (SSSR count). The second kappa shape index (κ2) is 5.69. The van der Waals surface area contributed by atoms with Crippen LogP contribution in [-0.2, 0) is 0 Å². The topological polar surface area (TPSA) is 66.6 Å².